The predicted molar refractivity (Wildman–Crippen MR) is 106 cm³/mol. The summed E-state index contributed by atoms with van der Waals surface area (Å²) in [5.74, 6) is -1.39. The number of hydrogen-bond donors (Lipinski definition) is 1. The maximum atomic E-state index is 13.0. The van der Waals surface area contributed by atoms with Gasteiger partial charge in [0.15, 0.2) is 5.75 Å². The van der Waals surface area contributed by atoms with Crippen LogP contribution in [0.1, 0.15) is 36.8 Å². The summed E-state index contributed by atoms with van der Waals surface area (Å²) in [5, 5.41) is 1.64. The van der Waals surface area contributed by atoms with Gasteiger partial charge in [0.05, 0.1) is 23.0 Å². The van der Waals surface area contributed by atoms with E-state index in [0.29, 0.717) is 10.6 Å². The number of nitrogens with zero attached hydrogens (tertiary/aromatic N) is 1. The van der Waals surface area contributed by atoms with Gasteiger partial charge in [0.1, 0.15) is 11.3 Å². The zero-order valence-corrected chi connectivity index (χ0v) is 18.3. The van der Waals surface area contributed by atoms with Gasteiger partial charge in [-0.3, -0.25) is 4.79 Å². The molecule has 2 aromatic rings. The van der Waals surface area contributed by atoms with Crippen molar-refractivity contribution in [1.29, 1.82) is 0 Å². The zero-order chi connectivity index (χ0) is 23.8. The number of carbonyl (C=O) groups is 2. The van der Waals surface area contributed by atoms with Crippen LogP contribution in [-0.2, 0) is 21.0 Å². The molecule has 2 rings (SSSR count). The van der Waals surface area contributed by atoms with E-state index in [4.69, 9.17) is 16.3 Å². The number of alkyl halides is 3. The molecule has 0 aliphatic heterocycles. The highest BCUT2D eigenvalue weighted by Crippen LogP contribution is 2.36. The second-order valence-corrected chi connectivity index (χ2v) is 9.33. The maximum Gasteiger partial charge on any atom is 0.419 e. The number of anilines is 1. The van der Waals surface area contributed by atoms with Gasteiger partial charge in [-0.15, -0.1) is 0 Å². The summed E-state index contributed by atoms with van der Waals surface area (Å²) in [6, 6.07) is 3.63. The van der Waals surface area contributed by atoms with E-state index in [9.17, 15) is 31.2 Å². The van der Waals surface area contributed by atoms with Crippen molar-refractivity contribution >= 4 is 39.4 Å². The molecule has 170 valence electrons. The fourth-order valence-electron chi connectivity index (χ4n) is 2.31. The van der Waals surface area contributed by atoms with Gasteiger partial charge in [0.2, 0.25) is 0 Å². The third-order valence-corrected chi connectivity index (χ3v) is 4.22. The molecule has 1 amide bonds. The predicted octanol–water partition coefficient (Wildman–Crippen LogP) is 4.53. The number of ether oxygens (including phenoxy) is 1. The first-order valence-corrected chi connectivity index (χ1v) is 10.7. The van der Waals surface area contributed by atoms with Crippen LogP contribution in [0.4, 0.5) is 23.7 Å². The van der Waals surface area contributed by atoms with Crippen molar-refractivity contribution in [2.24, 2.45) is 0 Å². The van der Waals surface area contributed by atoms with Gasteiger partial charge >= 0.3 is 22.4 Å². The third kappa shape index (κ3) is 6.89. The number of halogens is 4. The molecule has 1 aromatic heterocycles. The van der Waals surface area contributed by atoms with Crippen LogP contribution >= 0.6 is 11.6 Å². The summed E-state index contributed by atoms with van der Waals surface area (Å²) < 4.78 is 72.4. The number of aromatic nitrogens is 1. The summed E-state index contributed by atoms with van der Waals surface area (Å²) in [6.07, 6.45) is -4.13. The van der Waals surface area contributed by atoms with E-state index in [2.05, 4.69) is 9.50 Å². The lowest BCUT2D eigenvalue weighted by atomic mass is 10.2. The smallest absolute Gasteiger partial charge is 0.419 e. The molecular weight excluding hydrogens is 465 g/mol. The van der Waals surface area contributed by atoms with Crippen LogP contribution in [0.2, 0.25) is 5.02 Å². The van der Waals surface area contributed by atoms with Crippen molar-refractivity contribution in [1.82, 2.24) is 4.57 Å². The van der Waals surface area contributed by atoms with E-state index >= 15 is 0 Å². The Labute approximate surface area is 181 Å². The molecule has 0 aliphatic rings. The molecule has 0 unspecified atom stereocenters. The number of hydrogen-bond acceptors (Lipinski definition) is 6. The number of benzene rings is 1. The van der Waals surface area contributed by atoms with Crippen LogP contribution in [0.25, 0.3) is 0 Å². The molecule has 0 bridgehead atoms. The van der Waals surface area contributed by atoms with Crippen molar-refractivity contribution in [3.05, 3.63) is 46.7 Å². The summed E-state index contributed by atoms with van der Waals surface area (Å²) >= 11 is 5.56. The van der Waals surface area contributed by atoms with Gasteiger partial charge in [-0.2, -0.15) is 21.6 Å². The van der Waals surface area contributed by atoms with Crippen LogP contribution in [0.15, 0.2) is 30.5 Å². The van der Waals surface area contributed by atoms with Gasteiger partial charge in [0, 0.05) is 11.8 Å². The molecule has 0 spiro atoms. The van der Waals surface area contributed by atoms with Crippen LogP contribution in [0.5, 0.6) is 5.75 Å². The number of rotatable bonds is 4. The molecule has 1 N–H and O–H groups in total. The molecule has 31 heavy (non-hydrogen) atoms. The summed E-state index contributed by atoms with van der Waals surface area (Å²) in [5.41, 5.74) is -2.82. The van der Waals surface area contributed by atoms with E-state index in [-0.39, 0.29) is 11.4 Å². The molecule has 0 fully saturated rings. The zero-order valence-electron chi connectivity index (χ0n) is 16.7. The number of carbonyl (C=O) groups excluding carboxylic acids is 2. The lowest BCUT2D eigenvalue weighted by Gasteiger charge is -2.20. The standard InChI is InChI=1S/C18H18ClF3N2O6S/c1-17(2,3)29-16(26)24-9-11(30-31(4,27)28)8-14(24)15(25)23-10-5-6-13(19)12(7-10)18(20,21)22/h5-9H,1-4H3,(H,23,25). The van der Waals surface area contributed by atoms with E-state index in [1.54, 1.807) is 20.8 Å². The number of amides is 1. The minimum absolute atomic E-state index is 0.260. The molecule has 0 saturated carbocycles. The molecule has 0 aliphatic carbocycles. The summed E-state index contributed by atoms with van der Waals surface area (Å²) in [7, 11) is -3.99. The Hall–Kier alpha value is -2.73. The lowest BCUT2D eigenvalue weighted by molar-refractivity contribution is -0.137. The van der Waals surface area contributed by atoms with Crippen molar-refractivity contribution in [3.63, 3.8) is 0 Å². The second kappa shape index (κ2) is 8.42. The lowest BCUT2D eigenvalue weighted by Crippen LogP contribution is -2.29. The Morgan fingerprint density at radius 3 is 2.26 bits per heavy atom. The molecular formula is C18H18ClF3N2O6S. The Kier molecular flexibility index (Phi) is 6.67. The molecule has 1 heterocycles. The van der Waals surface area contributed by atoms with E-state index in [0.717, 1.165) is 30.7 Å². The molecule has 0 radical (unpaired) electrons. The van der Waals surface area contributed by atoms with Gasteiger partial charge < -0.3 is 14.2 Å². The highest BCUT2D eigenvalue weighted by atomic mass is 35.5. The monoisotopic (exact) mass is 482 g/mol. The Balaban J connectivity index is 2.43. The highest BCUT2D eigenvalue weighted by Gasteiger charge is 2.33. The number of nitrogens with one attached hydrogen (secondary N) is 1. The fourth-order valence-corrected chi connectivity index (χ4v) is 2.98. The Bertz CT molecular complexity index is 1120. The van der Waals surface area contributed by atoms with E-state index < -0.39 is 50.2 Å². The molecule has 0 saturated heterocycles. The van der Waals surface area contributed by atoms with Crippen LogP contribution in [-0.4, -0.2) is 36.8 Å². The molecule has 1 aromatic carbocycles. The molecule has 8 nitrogen and oxygen atoms in total. The average Bonchev–Trinajstić information content (AvgIpc) is 2.96. The molecule has 0 atom stereocenters. The first kappa shape index (κ1) is 24.5. The summed E-state index contributed by atoms with van der Waals surface area (Å²) in [6.45, 7) is 4.69. The van der Waals surface area contributed by atoms with Crippen LogP contribution in [0, 0.1) is 0 Å². The van der Waals surface area contributed by atoms with Crippen molar-refractivity contribution < 1.29 is 40.1 Å². The SMILES string of the molecule is CC(C)(C)OC(=O)n1cc(OS(C)(=O)=O)cc1C(=O)Nc1ccc(Cl)c(C(F)(F)F)c1. The second-order valence-electron chi connectivity index (χ2n) is 7.35. The van der Waals surface area contributed by atoms with Gasteiger partial charge in [-0.05, 0) is 39.0 Å². The van der Waals surface area contributed by atoms with Crippen molar-refractivity contribution in [2.75, 3.05) is 11.6 Å². The minimum Gasteiger partial charge on any atom is -0.443 e. The summed E-state index contributed by atoms with van der Waals surface area (Å²) in [4.78, 5) is 25.1. The van der Waals surface area contributed by atoms with Crippen molar-refractivity contribution in [2.45, 2.75) is 32.5 Å². The first-order valence-electron chi connectivity index (χ1n) is 8.49. The minimum atomic E-state index is -4.76. The van der Waals surface area contributed by atoms with Crippen molar-refractivity contribution in [3.8, 4) is 5.75 Å². The van der Waals surface area contributed by atoms with Crippen LogP contribution in [0.3, 0.4) is 0 Å². The molecule has 13 heteroatoms. The van der Waals surface area contributed by atoms with E-state index in [1.807, 2.05) is 0 Å². The Morgan fingerprint density at radius 2 is 1.74 bits per heavy atom. The quantitative estimate of drug-likeness (QED) is 0.642. The van der Waals surface area contributed by atoms with Gasteiger partial charge in [-0.1, -0.05) is 11.6 Å². The average molecular weight is 483 g/mol. The fraction of sp³-hybridized carbons (Fsp3) is 0.333. The van der Waals surface area contributed by atoms with Gasteiger partial charge in [0.25, 0.3) is 5.91 Å². The van der Waals surface area contributed by atoms with E-state index in [1.165, 1.54) is 0 Å². The normalized spacial score (nSPS) is 12.4. The maximum absolute atomic E-state index is 13.0. The van der Waals surface area contributed by atoms with Gasteiger partial charge in [-0.25, -0.2) is 9.36 Å². The largest absolute Gasteiger partial charge is 0.443 e. The Morgan fingerprint density at radius 1 is 1.13 bits per heavy atom. The topological polar surface area (TPSA) is 104 Å². The highest BCUT2D eigenvalue weighted by molar-refractivity contribution is 7.86. The van der Waals surface area contributed by atoms with Crippen LogP contribution < -0.4 is 9.50 Å². The third-order valence-electron chi connectivity index (χ3n) is 3.39. The first-order chi connectivity index (χ1) is 14.0.